The fourth-order valence-corrected chi connectivity index (χ4v) is 1.41. The lowest BCUT2D eigenvalue weighted by Gasteiger charge is -1.98. The molecule has 0 unspecified atom stereocenters. The molecule has 0 aliphatic carbocycles. The second-order valence-electron chi connectivity index (χ2n) is 3.14. The number of hydrogen-bond acceptors (Lipinski definition) is 2. The highest BCUT2D eigenvalue weighted by molar-refractivity contribution is 9.10. The Morgan fingerprint density at radius 1 is 1.25 bits per heavy atom. The first-order valence-corrected chi connectivity index (χ1v) is 5.42. The Morgan fingerprint density at radius 3 is 2.44 bits per heavy atom. The van der Waals surface area contributed by atoms with E-state index in [4.69, 9.17) is 5.53 Å². The Hall–Kier alpha value is -1.58. The van der Waals surface area contributed by atoms with Crippen LogP contribution in [0.3, 0.4) is 0 Å². The summed E-state index contributed by atoms with van der Waals surface area (Å²) in [5.74, 6) is -0.472. The zero-order valence-corrected chi connectivity index (χ0v) is 9.98. The second kappa shape index (κ2) is 6.10. The third-order valence-electron chi connectivity index (χ3n) is 1.97. The van der Waals surface area contributed by atoms with Crippen molar-refractivity contribution in [3.05, 3.63) is 39.8 Å². The molecule has 1 rings (SSSR count). The molecule has 0 aromatic heterocycles. The van der Waals surface area contributed by atoms with Crippen LogP contribution in [0.2, 0.25) is 0 Å². The van der Waals surface area contributed by atoms with Gasteiger partial charge < -0.3 is 5.53 Å². The predicted octanol–water partition coefficient (Wildman–Crippen LogP) is 2.28. The van der Waals surface area contributed by atoms with Crippen molar-refractivity contribution < 1.29 is 14.4 Å². The van der Waals surface area contributed by atoms with Crippen molar-refractivity contribution in [1.29, 1.82) is 0 Å². The van der Waals surface area contributed by atoms with Gasteiger partial charge >= 0.3 is 6.21 Å². The topological polar surface area (TPSA) is 70.5 Å². The van der Waals surface area contributed by atoms with Gasteiger partial charge in [-0.05, 0) is 12.1 Å². The van der Waals surface area contributed by atoms with Crippen LogP contribution in [0.15, 0.2) is 28.7 Å². The number of hydrogen-bond donors (Lipinski definition) is 0. The van der Waals surface area contributed by atoms with Gasteiger partial charge in [0.15, 0.2) is 5.78 Å². The van der Waals surface area contributed by atoms with Crippen LogP contribution in [-0.2, 0) is 4.79 Å². The molecule has 5 heteroatoms. The van der Waals surface area contributed by atoms with Gasteiger partial charge in [0.1, 0.15) is 0 Å². The largest absolute Gasteiger partial charge is 0.361 e. The lowest BCUT2D eigenvalue weighted by molar-refractivity contribution is -0.116. The Kier molecular flexibility index (Phi) is 4.76. The van der Waals surface area contributed by atoms with Crippen molar-refractivity contribution in [1.82, 2.24) is 0 Å². The number of ketones is 2. The molecule has 0 atom stereocenters. The summed E-state index contributed by atoms with van der Waals surface area (Å²) in [6.07, 6.45) is 0.973. The van der Waals surface area contributed by atoms with E-state index in [0.29, 0.717) is 5.56 Å². The third-order valence-corrected chi connectivity index (χ3v) is 2.50. The van der Waals surface area contributed by atoms with Crippen molar-refractivity contribution in [3.8, 4) is 0 Å². The van der Waals surface area contributed by atoms with Gasteiger partial charge in [-0.25, -0.2) is 0 Å². The van der Waals surface area contributed by atoms with Crippen molar-refractivity contribution >= 4 is 33.7 Å². The Morgan fingerprint density at radius 2 is 1.88 bits per heavy atom. The standard InChI is InChI=1S/C11H9BrN2O2/c12-9-3-1-8(2-4-9)11(16)6-5-10(15)7-14-13/h1-4,7H,5-6H2. The summed E-state index contributed by atoms with van der Waals surface area (Å²) in [4.78, 5) is 25.2. The Balaban J connectivity index is 2.56. The molecule has 0 saturated carbocycles. The van der Waals surface area contributed by atoms with Crippen LogP contribution in [0.25, 0.3) is 5.53 Å². The molecular formula is C11H9BrN2O2. The van der Waals surface area contributed by atoms with Gasteiger partial charge in [-0.3, -0.25) is 9.59 Å². The summed E-state index contributed by atoms with van der Waals surface area (Å²) < 4.78 is 0.896. The maximum absolute atomic E-state index is 11.6. The number of Topliss-reactive ketones (excluding diaryl/α,β-unsaturated/α-hetero) is 2. The molecule has 1 aromatic rings. The third kappa shape index (κ3) is 3.88. The van der Waals surface area contributed by atoms with E-state index in [1.54, 1.807) is 24.3 Å². The van der Waals surface area contributed by atoms with Crippen LogP contribution in [-0.4, -0.2) is 22.6 Å². The molecule has 0 saturated heterocycles. The van der Waals surface area contributed by atoms with Crippen LogP contribution in [0.4, 0.5) is 0 Å². The van der Waals surface area contributed by atoms with Gasteiger partial charge in [-0.1, -0.05) is 28.1 Å². The lowest BCUT2D eigenvalue weighted by atomic mass is 10.1. The smallest absolute Gasteiger partial charge is 0.323 e. The first kappa shape index (κ1) is 12.5. The number of carbonyl (C=O) groups is 2. The molecule has 1 aromatic carbocycles. The fraction of sp³-hybridized carbons (Fsp3) is 0.182. The highest BCUT2D eigenvalue weighted by Gasteiger charge is 2.09. The summed E-state index contributed by atoms with van der Waals surface area (Å²) in [6, 6.07) is 6.92. The maximum atomic E-state index is 11.6. The van der Waals surface area contributed by atoms with Crippen molar-refractivity contribution in [2.24, 2.45) is 0 Å². The van der Waals surface area contributed by atoms with Gasteiger partial charge in [0.25, 0.3) is 0 Å². The van der Waals surface area contributed by atoms with Crippen molar-refractivity contribution in [3.63, 3.8) is 0 Å². The van der Waals surface area contributed by atoms with E-state index in [-0.39, 0.29) is 24.4 Å². The summed E-state index contributed by atoms with van der Waals surface area (Å²) in [5, 5.41) is 0. The van der Waals surface area contributed by atoms with E-state index in [9.17, 15) is 9.59 Å². The van der Waals surface area contributed by atoms with Gasteiger partial charge in [0.2, 0.25) is 5.78 Å². The molecule has 0 aliphatic heterocycles. The summed E-state index contributed by atoms with van der Waals surface area (Å²) in [6.45, 7) is 0. The molecule has 0 fully saturated rings. The quantitative estimate of drug-likeness (QED) is 0.359. The summed E-state index contributed by atoms with van der Waals surface area (Å²) in [7, 11) is 0. The van der Waals surface area contributed by atoms with Crippen molar-refractivity contribution in [2.75, 3.05) is 0 Å². The minimum Gasteiger partial charge on any atom is -0.361 e. The van der Waals surface area contributed by atoms with Crippen LogP contribution in [0.5, 0.6) is 0 Å². The summed E-state index contributed by atoms with van der Waals surface area (Å²) >= 11 is 3.27. The normalized spacial score (nSPS) is 9.31. The lowest BCUT2D eigenvalue weighted by Crippen LogP contribution is -2.05. The van der Waals surface area contributed by atoms with Crippen LogP contribution < -0.4 is 0 Å². The van der Waals surface area contributed by atoms with E-state index in [2.05, 4.69) is 20.7 Å². The number of benzene rings is 1. The summed E-state index contributed by atoms with van der Waals surface area (Å²) in [5.41, 5.74) is 8.67. The highest BCUT2D eigenvalue weighted by Crippen LogP contribution is 2.12. The van der Waals surface area contributed by atoms with Gasteiger partial charge in [-0.15, -0.1) is 0 Å². The number of nitrogens with zero attached hydrogens (tertiary/aromatic N) is 2. The molecular weight excluding hydrogens is 272 g/mol. The molecule has 0 amide bonds. The first-order chi connectivity index (χ1) is 7.63. The Labute approximate surface area is 101 Å². The number of rotatable bonds is 5. The minimum atomic E-state index is -0.368. The van der Waals surface area contributed by atoms with E-state index in [0.717, 1.165) is 10.7 Å². The van der Waals surface area contributed by atoms with Crippen LogP contribution >= 0.6 is 15.9 Å². The van der Waals surface area contributed by atoms with Gasteiger partial charge in [-0.2, -0.15) is 4.79 Å². The van der Waals surface area contributed by atoms with Crippen LogP contribution in [0, 0.1) is 0 Å². The minimum absolute atomic E-state index is 0.0545. The molecule has 0 heterocycles. The second-order valence-corrected chi connectivity index (χ2v) is 4.06. The van der Waals surface area contributed by atoms with Gasteiger partial charge in [0.05, 0.1) is 0 Å². The molecule has 16 heavy (non-hydrogen) atoms. The molecule has 0 bridgehead atoms. The monoisotopic (exact) mass is 280 g/mol. The average molecular weight is 281 g/mol. The molecule has 0 spiro atoms. The number of carbonyl (C=O) groups excluding carboxylic acids is 2. The van der Waals surface area contributed by atoms with Crippen LogP contribution in [0.1, 0.15) is 23.2 Å². The van der Waals surface area contributed by atoms with E-state index < -0.39 is 0 Å². The number of halogens is 1. The van der Waals surface area contributed by atoms with Crippen molar-refractivity contribution in [2.45, 2.75) is 12.8 Å². The SMILES string of the molecule is [N-]=[N+]=CC(=O)CCC(=O)c1ccc(Br)cc1. The highest BCUT2D eigenvalue weighted by atomic mass is 79.9. The molecule has 0 radical (unpaired) electrons. The maximum Gasteiger partial charge on any atom is 0.323 e. The fourth-order valence-electron chi connectivity index (χ4n) is 1.15. The molecule has 4 nitrogen and oxygen atoms in total. The predicted molar refractivity (Wildman–Crippen MR) is 62.4 cm³/mol. The van der Waals surface area contributed by atoms with Gasteiger partial charge in [0, 0.05) is 22.9 Å². The van der Waals surface area contributed by atoms with E-state index in [1.807, 2.05) is 0 Å². The Bertz CT molecular complexity index is 448. The average Bonchev–Trinajstić information content (AvgIpc) is 2.27. The molecule has 82 valence electrons. The molecule has 0 aliphatic rings. The molecule has 0 N–H and O–H groups in total. The zero-order chi connectivity index (χ0) is 12.0. The van der Waals surface area contributed by atoms with E-state index in [1.165, 1.54) is 0 Å². The first-order valence-electron chi connectivity index (χ1n) is 4.62. The zero-order valence-electron chi connectivity index (χ0n) is 8.39. The van der Waals surface area contributed by atoms with E-state index >= 15 is 0 Å².